The summed E-state index contributed by atoms with van der Waals surface area (Å²) in [6.07, 6.45) is -1.46. The summed E-state index contributed by atoms with van der Waals surface area (Å²) in [7, 11) is 0. The first kappa shape index (κ1) is 22.1. The van der Waals surface area contributed by atoms with E-state index in [1.165, 1.54) is 0 Å². The number of anilines is 1. The molecule has 0 radical (unpaired) electrons. The van der Waals surface area contributed by atoms with Crippen molar-refractivity contribution in [2.45, 2.75) is 66.2 Å². The van der Waals surface area contributed by atoms with Crippen LogP contribution < -0.4 is 10.4 Å². The van der Waals surface area contributed by atoms with Crippen molar-refractivity contribution < 1.29 is 19.1 Å². The number of rotatable bonds is 2. The number of para-hydroxylation sites is 1. The lowest BCUT2D eigenvalue weighted by atomic mass is 10.2. The molecule has 2 rings (SSSR count). The van der Waals surface area contributed by atoms with Gasteiger partial charge in [-0.2, -0.15) is 5.01 Å². The molecule has 0 saturated heterocycles. The van der Waals surface area contributed by atoms with Crippen LogP contribution in [0.2, 0.25) is 0 Å². The van der Waals surface area contributed by atoms with E-state index >= 15 is 0 Å². The second kappa shape index (κ2) is 8.03. The summed E-state index contributed by atoms with van der Waals surface area (Å²) in [4.78, 5) is 25.4. The van der Waals surface area contributed by atoms with E-state index in [9.17, 15) is 9.59 Å². The monoisotopic (exact) mass is 453 g/mol. The zero-order valence-electron chi connectivity index (χ0n) is 17.4. The Morgan fingerprint density at radius 2 is 1.64 bits per heavy atom. The van der Waals surface area contributed by atoms with Gasteiger partial charge in [-0.25, -0.2) is 15.0 Å². The Kier molecular flexibility index (Phi) is 6.33. The number of aromatic nitrogens is 1. The molecule has 0 fully saturated rings. The van der Waals surface area contributed by atoms with Gasteiger partial charge in [-0.15, -0.1) is 0 Å². The molecule has 1 N–H and O–H groups in total. The summed E-state index contributed by atoms with van der Waals surface area (Å²) >= 11 is 3.58. The molecule has 8 heteroatoms. The third-order valence-corrected chi connectivity index (χ3v) is 4.40. The number of hydrogen-bond acceptors (Lipinski definition) is 4. The number of ether oxygens (including phenoxy) is 2. The molecule has 0 spiro atoms. The average molecular weight is 454 g/mol. The van der Waals surface area contributed by atoms with Gasteiger partial charge >= 0.3 is 12.2 Å². The minimum Gasteiger partial charge on any atom is -0.443 e. The molecular weight excluding hydrogens is 426 g/mol. The highest BCUT2D eigenvalue weighted by atomic mass is 79.9. The predicted octanol–water partition coefficient (Wildman–Crippen LogP) is 5.60. The molecule has 0 aliphatic heterocycles. The molecule has 0 unspecified atom stereocenters. The Balaban J connectivity index is 2.56. The van der Waals surface area contributed by atoms with Crippen molar-refractivity contribution in [1.29, 1.82) is 0 Å². The molecule has 2 aromatic rings. The lowest BCUT2D eigenvalue weighted by molar-refractivity contribution is 0.0425. The SMILES string of the molecule is CCn1c(Br)c(N(NC(=O)OC(C)(C)C)C(=O)OC(C)(C)C)c2ccccc21. The highest BCUT2D eigenvalue weighted by Gasteiger charge is 2.31. The number of nitrogens with zero attached hydrogens (tertiary/aromatic N) is 2. The molecule has 0 aliphatic carbocycles. The molecule has 1 heterocycles. The fraction of sp³-hybridized carbons (Fsp3) is 0.500. The van der Waals surface area contributed by atoms with Gasteiger partial charge in [0.1, 0.15) is 21.5 Å². The third-order valence-electron chi connectivity index (χ3n) is 3.60. The smallest absolute Gasteiger partial charge is 0.434 e. The number of hydrazine groups is 1. The molecule has 0 atom stereocenters. The van der Waals surface area contributed by atoms with E-state index in [1.807, 2.05) is 35.8 Å². The predicted molar refractivity (Wildman–Crippen MR) is 113 cm³/mol. The second-order valence-electron chi connectivity index (χ2n) is 8.33. The normalized spacial score (nSPS) is 12.0. The summed E-state index contributed by atoms with van der Waals surface area (Å²) in [5.41, 5.74) is 2.50. The molecule has 28 heavy (non-hydrogen) atoms. The van der Waals surface area contributed by atoms with Crippen molar-refractivity contribution in [1.82, 2.24) is 9.99 Å². The topological polar surface area (TPSA) is 72.8 Å². The molecular formula is C20H28BrN3O4. The Bertz CT molecular complexity index is 878. The number of hydrogen-bond donors (Lipinski definition) is 1. The van der Waals surface area contributed by atoms with Gasteiger partial charge in [-0.1, -0.05) is 18.2 Å². The molecule has 154 valence electrons. The number of nitrogens with one attached hydrogen (secondary N) is 1. The van der Waals surface area contributed by atoms with Gasteiger partial charge in [0.25, 0.3) is 0 Å². The van der Waals surface area contributed by atoms with Crippen molar-refractivity contribution in [3.8, 4) is 0 Å². The van der Waals surface area contributed by atoms with E-state index in [4.69, 9.17) is 9.47 Å². The maximum Gasteiger partial charge on any atom is 0.434 e. The van der Waals surface area contributed by atoms with Crippen LogP contribution >= 0.6 is 15.9 Å². The summed E-state index contributed by atoms with van der Waals surface area (Å²) in [5, 5.41) is 1.89. The first-order valence-electron chi connectivity index (χ1n) is 9.13. The van der Waals surface area contributed by atoms with Gasteiger partial charge in [0.15, 0.2) is 0 Å². The number of benzene rings is 1. The number of fused-ring (bicyclic) bond motifs is 1. The van der Waals surface area contributed by atoms with E-state index in [0.717, 1.165) is 15.9 Å². The average Bonchev–Trinajstić information content (AvgIpc) is 2.80. The molecule has 7 nitrogen and oxygen atoms in total. The molecule has 2 amide bonds. The van der Waals surface area contributed by atoms with Gasteiger partial charge in [-0.05, 0) is 70.5 Å². The molecule has 0 bridgehead atoms. The van der Waals surface area contributed by atoms with Crippen LogP contribution in [0.1, 0.15) is 48.5 Å². The van der Waals surface area contributed by atoms with Crippen LogP contribution in [0.25, 0.3) is 10.9 Å². The minimum atomic E-state index is -0.751. The van der Waals surface area contributed by atoms with Gasteiger partial charge in [0, 0.05) is 11.9 Å². The Hall–Kier alpha value is -2.22. The van der Waals surface area contributed by atoms with E-state index in [1.54, 1.807) is 41.5 Å². The second-order valence-corrected chi connectivity index (χ2v) is 9.08. The lowest BCUT2D eigenvalue weighted by Crippen LogP contribution is -2.50. The Morgan fingerprint density at radius 1 is 1.07 bits per heavy atom. The first-order valence-corrected chi connectivity index (χ1v) is 9.93. The highest BCUT2D eigenvalue weighted by molar-refractivity contribution is 9.10. The maximum absolute atomic E-state index is 13.0. The summed E-state index contributed by atoms with van der Waals surface area (Å²) in [6, 6.07) is 7.63. The summed E-state index contributed by atoms with van der Waals surface area (Å²) in [6.45, 7) is 13.2. The molecule has 1 aromatic carbocycles. The lowest BCUT2D eigenvalue weighted by Gasteiger charge is -2.28. The molecule has 0 aliphatic rings. The van der Waals surface area contributed by atoms with Crippen molar-refractivity contribution in [2.24, 2.45) is 0 Å². The Labute approximate surface area is 174 Å². The fourth-order valence-corrected chi connectivity index (χ4v) is 3.50. The third kappa shape index (κ3) is 5.19. The fourth-order valence-electron chi connectivity index (χ4n) is 2.67. The number of carbonyl (C=O) groups excluding carboxylic acids is 2. The zero-order valence-corrected chi connectivity index (χ0v) is 19.0. The maximum atomic E-state index is 13.0. The van der Waals surface area contributed by atoms with Crippen molar-refractivity contribution >= 4 is 44.7 Å². The largest absolute Gasteiger partial charge is 0.443 e. The van der Waals surface area contributed by atoms with Gasteiger partial charge in [0.05, 0.1) is 5.52 Å². The van der Waals surface area contributed by atoms with Gasteiger partial charge in [0.2, 0.25) is 0 Å². The van der Waals surface area contributed by atoms with Crippen LogP contribution in [-0.4, -0.2) is 28.0 Å². The van der Waals surface area contributed by atoms with E-state index in [-0.39, 0.29) is 0 Å². The quantitative estimate of drug-likeness (QED) is 0.600. The molecule has 1 aromatic heterocycles. The van der Waals surface area contributed by atoms with E-state index < -0.39 is 23.4 Å². The Morgan fingerprint density at radius 3 is 2.18 bits per heavy atom. The number of carbonyl (C=O) groups is 2. The van der Waals surface area contributed by atoms with Crippen LogP contribution in [0.15, 0.2) is 28.9 Å². The van der Waals surface area contributed by atoms with Gasteiger partial charge < -0.3 is 14.0 Å². The summed E-state index contributed by atoms with van der Waals surface area (Å²) < 4.78 is 13.5. The van der Waals surface area contributed by atoms with Crippen LogP contribution in [0, 0.1) is 0 Å². The number of aryl methyl sites for hydroxylation is 1. The number of halogens is 1. The van der Waals surface area contributed by atoms with E-state index in [2.05, 4.69) is 21.4 Å². The standard InChI is InChI=1S/C20H28BrN3O4/c1-8-23-14-12-10-9-11-13(14)15(16(23)21)24(18(26)28-20(5,6)7)22-17(25)27-19(2,3)4/h9-12H,8H2,1-7H3,(H,22,25). The van der Waals surface area contributed by atoms with Gasteiger partial charge in [-0.3, -0.25) is 0 Å². The molecule has 0 saturated carbocycles. The zero-order chi connectivity index (χ0) is 21.3. The van der Waals surface area contributed by atoms with Crippen molar-refractivity contribution in [2.75, 3.05) is 5.01 Å². The van der Waals surface area contributed by atoms with Crippen molar-refractivity contribution in [3.63, 3.8) is 0 Å². The van der Waals surface area contributed by atoms with Crippen molar-refractivity contribution in [3.05, 3.63) is 28.9 Å². The number of amides is 2. The minimum absolute atomic E-state index is 0.484. The van der Waals surface area contributed by atoms with Crippen LogP contribution in [0.3, 0.4) is 0 Å². The highest BCUT2D eigenvalue weighted by Crippen LogP contribution is 2.38. The van der Waals surface area contributed by atoms with E-state index in [0.29, 0.717) is 16.8 Å². The van der Waals surface area contributed by atoms with Crippen LogP contribution in [-0.2, 0) is 16.0 Å². The first-order chi connectivity index (χ1) is 12.8. The van der Waals surface area contributed by atoms with Crippen LogP contribution in [0.5, 0.6) is 0 Å². The summed E-state index contributed by atoms with van der Waals surface area (Å²) in [5.74, 6) is 0. The van der Waals surface area contributed by atoms with Crippen LogP contribution in [0.4, 0.5) is 15.3 Å².